The lowest BCUT2D eigenvalue weighted by molar-refractivity contribution is -0.121. The van der Waals surface area contributed by atoms with E-state index in [1.807, 2.05) is 24.3 Å². The van der Waals surface area contributed by atoms with Gasteiger partial charge in [-0.15, -0.1) is 12.4 Å². The van der Waals surface area contributed by atoms with Crippen LogP contribution in [0, 0.1) is 0 Å². The molecule has 0 saturated carbocycles. The first-order chi connectivity index (χ1) is 11.2. The van der Waals surface area contributed by atoms with Gasteiger partial charge < -0.3 is 11.1 Å². The first-order valence-corrected chi connectivity index (χ1v) is 9.20. The van der Waals surface area contributed by atoms with Crippen molar-refractivity contribution < 1.29 is 13.2 Å². The number of fused-ring (bicyclic) bond motifs is 1. The molecular weight excluding hydrogens is 362 g/mol. The van der Waals surface area contributed by atoms with E-state index in [0.717, 1.165) is 10.8 Å². The SMILES string of the molecule is CC(C)(N)CNC(=O)CCNS(=O)(=O)c1ccc2ccccc2c1.Cl. The van der Waals surface area contributed by atoms with Gasteiger partial charge in [0.1, 0.15) is 0 Å². The van der Waals surface area contributed by atoms with E-state index in [-0.39, 0.29) is 36.2 Å². The molecule has 0 atom stereocenters. The van der Waals surface area contributed by atoms with Crippen LogP contribution in [-0.2, 0) is 14.8 Å². The Kier molecular flexibility index (Phi) is 7.37. The number of carbonyl (C=O) groups is 1. The molecule has 2 aromatic carbocycles. The molecular formula is C17H24ClN3O3S. The minimum atomic E-state index is -3.65. The van der Waals surface area contributed by atoms with Gasteiger partial charge in [-0.1, -0.05) is 30.3 Å². The van der Waals surface area contributed by atoms with Crippen LogP contribution in [0.4, 0.5) is 0 Å². The summed E-state index contributed by atoms with van der Waals surface area (Å²) in [4.78, 5) is 11.9. The number of sulfonamides is 1. The van der Waals surface area contributed by atoms with E-state index in [2.05, 4.69) is 10.0 Å². The van der Waals surface area contributed by atoms with Crippen LogP contribution in [0.2, 0.25) is 0 Å². The van der Waals surface area contributed by atoms with Crippen LogP contribution < -0.4 is 15.8 Å². The minimum Gasteiger partial charge on any atom is -0.354 e. The number of halogens is 1. The van der Waals surface area contributed by atoms with E-state index in [0.29, 0.717) is 6.54 Å². The van der Waals surface area contributed by atoms with Gasteiger partial charge in [-0.2, -0.15) is 0 Å². The molecule has 0 aliphatic rings. The summed E-state index contributed by atoms with van der Waals surface area (Å²) in [6.45, 7) is 3.97. The fourth-order valence-electron chi connectivity index (χ4n) is 2.13. The fourth-order valence-corrected chi connectivity index (χ4v) is 3.20. The highest BCUT2D eigenvalue weighted by Crippen LogP contribution is 2.18. The summed E-state index contributed by atoms with van der Waals surface area (Å²) in [7, 11) is -3.65. The molecule has 0 unspecified atom stereocenters. The molecule has 4 N–H and O–H groups in total. The van der Waals surface area contributed by atoms with E-state index < -0.39 is 15.6 Å². The van der Waals surface area contributed by atoms with Crippen molar-refractivity contribution in [1.82, 2.24) is 10.0 Å². The van der Waals surface area contributed by atoms with Crippen molar-refractivity contribution in [2.75, 3.05) is 13.1 Å². The number of nitrogens with two attached hydrogens (primary N) is 1. The first-order valence-electron chi connectivity index (χ1n) is 7.71. The van der Waals surface area contributed by atoms with Gasteiger partial charge in [0.25, 0.3) is 0 Å². The zero-order chi connectivity index (χ0) is 17.8. The van der Waals surface area contributed by atoms with Gasteiger partial charge in [0, 0.05) is 25.0 Å². The molecule has 138 valence electrons. The fraction of sp³-hybridized carbons (Fsp3) is 0.353. The molecule has 0 saturated heterocycles. The van der Waals surface area contributed by atoms with E-state index in [4.69, 9.17) is 5.73 Å². The summed E-state index contributed by atoms with van der Waals surface area (Å²) < 4.78 is 27.1. The van der Waals surface area contributed by atoms with Crippen LogP contribution in [0.25, 0.3) is 10.8 Å². The van der Waals surface area contributed by atoms with E-state index in [9.17, 15) is 13.2 Å². The van der Waals surface area contributed by atoms with Gasteiger partial charge in [-0.25, -0.2) is 13.1 Å². The molecule has 2 rings (SSSR count). The molecule has 0 bridgehead atoms. The van der Waals surface area contributed by atoms with Crippen molar-refractivity contribution in [2.24, 2.45) is 5.73 Å². The van der Waals surface area contributed by atoms with E-state index >= 15 is 0 Å². The first kappa shape index (κ1) is 21.4. The topological polar surface area (TPSA) is 101 Å². The molecule has 0 aromatic heterocycles. The summed E-state index contributed by atoms with van der Waals surface area (Å²) >= 11 is 0. The summed E-state index contributed by atoms with van der Waals surface area (Å²) in [6, 6.07) is 12.5. The van der Waals surface area contributed by atoms with Crippen LogP contribution in [0.3, 0.4) is 0 Å². The largest absolute Gasteiger partial charge is 0.354 e. The Morgan fingerprint density at radius 1 is 1.12 bits per heavy atom. The zero-order valence-corrected chi connectivity index (χ0v) is 15.9. The molecule has 0 heterocycles. The zero-order valence-electron chi connectivity index (χ0n) is 14.3. The second-order valence-electron chi connectivity index (χ2n) is 6.42. The molecule has 1 amide bonds. The lowest BCUT2D eigenvalue weighted by Gasteiger charge is -2.18. The van der Waals surface area contributed by atoms with Gasteiger partial charge in [0.2, 0.25) is 15.9 Å². The molecule has 25 heavy (non-hydrogen) atoms. The number of hydrogen-bond acceptors (Lipinski definition) is 4. The van der Waals surface area contributed by atoms with Crippen LogP contribution in [-0.4, -0.2) is 33.0 Å². The number of nitrogens with one attached hydrogen (secondary N) is 2. The highest BCUT2D eigenvalue weighted by molar-refractivity contribution is 7.89. The molecule has 0 spiro atoms. The molecule has 8 heteroatoms. The average Bonchev–Trinajstić information content (AvgIpc) is 2.51. The second kappa shape index (κ2) is 8.62. The van der Waals surface area contributed by atoms with Crippen LogP contribution >= 0.6 is 12.4 Å². The van der Waals surface area contributed by atoms with Crippen molar-refractivity contribution in [3.63, 3.8) is 0 Å². The number of carbonyl (C=O) groups excluding carboxylic acids is 1. The highest BCUT2D eigenvalue weighted by atomic mass is 35.5. The highest BCUT2D eigenvalue weighted by Gasteiger charge is 2.16. The predicted octanol–water partition coefficient (Wildman–Crippen LogP) is 1.78. The Morgan fingerprint density at radius 3 is 2.40 bits per heavy atom. The second-order valence-corrected chi connectivity index (χ2v) is 8.19. The summed E-state index contributed by atoms with van der Waals surface area (Å²) in [5.41, 5.74) is 5.28. The van der Waals surface area contributed by atoms with Crippen LogP contribution in [0.1, 0.15) is 20.3 Å². The predicted molar refractivity (Wildman–Crippen MR) is 102 cm³/mol. The Balaban J connectivity index is 0.00000312. The monoisotopic (exact) mass is 385 g/mol. The van der Waals surface area contributed by atoms with Crippen molar-refractivity contribution in [3.05, 3.63) is 42.5 Å². The summed E-state index contributed by atoms with van der Waals surface area (Å²) in [6.07, 6.45) is 0.0584. The maximum Gasteiger partial charge on any atom is 0.240 e. The lowest BCUT2D eigenvalue weighted by atomic mass is 10.1. The van der Waals surface area contributed by atoms with Crippen LogP contribution in [0.5, 0.6) is 0 Å². The third kappa shape index (κ3) is 6.62. The maximum absolute atomic E-state index is 12.3. The average molecular weight is 386 g/mol. The van der Waals surface area contributed by atoms with Gasteiger partial charge >= 0.3 is 0 Å². The standard InChI is InChI=1S/C17H23N3O3S.ClH/c1-17(2,18)12-19-16(21)9-10-20-24(22,23)15-8-7-13-5-3-4-6-14(13)11-15;/h3-8,11,20H,9-10,12,18H2,1-2H3,(H,19,21);1H. The van der Waals surface area contributed by atoms with Crippen molar-refractivity contribution in [2.45, 2.75) is 30.7 Å². The molecule has 0 radical (unpaired) electrons. The molecule has 0 aliphatic heterocycles. The van der Waals surface area contributed by atoms with Crippen molar-refractivity contribution in [1.29, 1.82) is 0 Å². The Bertz CT molecular complexity index is 832. The number of benzene rings is 2. The normalized spacial score (nSPS) is 11.8. The van der Waals surface area contributed by atoms with Crippen molar-refractivity contribution >= 4 is 39.1 Å². The van der Waals surface area contributed by atoms with E-state index in [1.54, 1.807) is 32.0 Å². The van der Waals surface area contributed by atoms with Crippen molar-refractivity contribution in [3.8, 4) is 0 Å². The molecule has 6 nitrogen and oxygen atoms in total. The Labute approximate surface area is 154 Å². The minimum absolute atomic E-state index is 0. The quantitative estimate of drug-likeness (QED) is 0.676. The Morgan fingerprint density at radius 2 is 1.76 bits per heavy atom. The molecule has 2 aromatic rings. The summed E-state index contributed by atoms with van der Waals surface area (Å²) in [5, 5.41) is 4.50. The van der Waals surface area contributed by atoms with Gasteiger partial charge in [-0.05, 0) is 36.8 Å². The number of amides is 1. The number of hydrogen-bond donors (Lipinski definition) is 3. The molecule has 0 fully saturated rings. The smallest absolute Gasteiger partial charge is 0.240 e. The third-order valence-electron chi connectivity index (χ3n) is 3.42. The van der Waals surface area contributed by atoms with Crippen LogP contribution in [0.15, 0.2) is 47.4 Å². The maximum atomic E-state index is 12.3. The number of rotatable bonds is 7. The van der Waals surface area contributed by atoms with Gasteiger partial charge in [0.15, 0.2) is 0 Å². The lowest BCUT2D eigenvalue weighted by Crippen LogP contribution is -2.45. The Hall–Kier alpha value is -1.67. The third-order valence-corrected chi connectivity index (χ3v) is 4.88. The molecule has 0 aliphatic carbocycles. The summed E-state index contributed by atoms with van der Waals surface area (Å²) in [5.74, 6) is -0.241. The van der Waals surface area contributed by atoms with E-state index in [1.165, 1.54) is 0 Å². The van der Waals surface area contributed by atoms with Gasteiger partial charge in [-0.3, -0.25) is 4.79 Å². The van der Waals surface area contributed by atoms with Gasteiger partial charge in [0.05, 0.1) is 4.90 Å².